The number of hydrogen-bond acceptors (Lipinski definition) is 2. The summed E-state index contributed by atoms with van der Waals surface area (Å²) in [7, 11) is 0. The van der Waals surface area contributed by atoms with Gasteiger partial charge in [0.1, 0.15) is 0 Å². The average Bonchev–Trinajstić information content (AvgIpc) is 3.95. The van der Waals surface area contributed by atoms with E-state index in [2.05, 4.69) is 186 Å². The van der Waals surface area contributed by atoms with Crippen molar-refractivity contribution < 1.29 is 0 Å². The molecule has 0 spiro atoms. The molecule has 1 N–H and O–H groups in total. The monoisotopic (exact) mass is 734 g/mol. The molecule has 7 aromatic rings. The van der Waals surface area contributed by atoms with E-state index < -0.39 is 0 Å². The number of benzene rings is 4. The van der Waals surface area contributed by atoms with Crippen LogP contribution in [0.1, 0.15) is 22.8 Å². The third kappa shape index (κ3) is 5.74. The van der Waals surface area contributed by atoms with Gasteiger partial charge in [0, 0.05) is 57.3 Å². The van der Waals surface area contributed by atoms with Gasteiger partial charge in [-0.05, 0) is 83.5 Å². The van der Waals surface area contributed by atoms with E-state index in [0.717, 1.165) is 83.9 Å². The normalized spacial score (nSPS) is 11.8. The van der Waals surface area contributed by atoms with Crippen molar-refractivity contribution in [3.8, 4) is 39.1 Å². The van der Waals surface area contributed by atoms with Crippen molar-refractivity contribution in [2.45, 2.75) is 0 Å². The third-order valence-corrected chi connectivity index (χ3v) is 8.87. The van der Waals surface area contributed by atoms with Crippen LogP contribution < -0.4 is 0 Å². The summed E-state index contributed by atoms with van der Waals surface area (Å²) in [6.45, 7) is 0. The van der Waals surface area contributed by atoms with Crippen LogP contribution in [0.25, 0.3) is 85.4 Å². The molecule has 2 aliphatic rings. The Morgan fingerprint density at radius 1 is 0.429 bits per heavy atom. The molecule has 0 atom stereocenters. The molecular weight excluding hydrogens is 703 g/mol. The van der Waals surface area contributed by atoms with Gasteiger partial charge in [0.05, 0.1) is 33.8 Å². The van der Waals surface area contributed by atoms with E-state index in [1.54, 1.807) is 0 Å². The minimum absolute atomic E-state index is 0. The van der Waals surface area contributed by atoms with Gasteiger partial charge in [0.2, 0.25) is 0 Å². The fourth-order valence-corrected chi connectivity index (χ4v) is 6.81. The zero-order valence-corrected chi connectivity index (χ0v) is 29.4. The minimum atomic E-state index is 0. The Bertz CT molecular complexity index is 2530. The van der Waals surface area contributed by atoms with Crippen LogP contribution in [0.4, 0.5) is 0 Å². The van der Waals surface area contributed by atoms with Crippen molar-refractivity contribution in [2.75, 3.05) is 0 Å². The molecule has 0 saturated carbocycles. The number of aromatic nitrogens is 4. The molecule has 9 rings (SSSR count). The van der Waals surface area contributed by atoms with E-state index in [1.807, 2.05) is 0 Å². The summed E-state index contributed by atoms with van der Waals surface area (Å²) in [5.74, 6) is 0. The van der Waals surface area contributed by atoms with Gasteiger partial charge in [-0.15, -0.1) is 0 Å². The number of aromatic amines is 1. The molecule has 8 bridgehead atoms. The van der Waals surface area contributed by atoms with Crippen LogP contribution in [0.3, 0.4) is 0 Å². The summed E-state index contributed by atoms with van der Waals surface area (Å²) in [6.07, 6.45) is 8.44. The standard InChI is InChI=1S/C44H30N4.Sn/c1-5-13-30(14-6-1)41-39-26-25-36(47-39)28-35-22-21-33(45-35)27-34-23-24-37(46-34)29-40-42(31-15-7-2-8-16-31)43(32-17-9-3-10-18-32)44(41)48(40)38-19-11-4-12-20-38;/h1-29,45H;. The van der Waals surface area contributed by atoms with Crippen molar-refractivity contribution in [3.05, 3.63) is 174 Å². The summed E-state index contributed by atoms with van der Waals surface area (Å²) in [5.41, 5.74) is 15.4. The molecule has 0 unspecified atom stereocenters. The minimum Gasteiger partial charge on any atom is -0.355 e. The number of hydrogen-bond donors (Lipinski definition) is 1. The molecule has 4 radical (unpaired) electrons. The largest absolute Gasteiger partial charge is 0.355 e. The molecule has 0 amide bonds. The maximum atomic E-state index is 5.29. The quantitative estimate of drug-likeness (QED) is 0.183. The van der Waals surface area contributed by atoms with E-state index in [9.17, 15) is 0 Å². The molecule has 3 aromatic heterocycles. The van der Waals surface area contributed by atoms with E-state index in [0.29, 0.717) is 0 Å². The van der Waals surface area contributed by atoms with Crippen molar-refractivity contribution >= 4 is 70.3 Å². The summed E-state index contributed by atoms with van der Waals surface area (Å²) >= 11 is 0. The van der Waals surface area contributed by atoms with Gasteiger partial charge in [-0.2, -0.15) is 0 Å². The maximum absolute atomic E-state index is 5.29. The first-order valence-electron chi connectivity index (χ1n) is 16.2. The predicted octanol–water partition coefficient (Wildman–Crippen LogP) is 10.7. The fourth-order valence-electron chi connectivity index (χ4n) is 6.81. The Morgan fingerprint density at radius 3 is 1.49 bits per heavy atom. The predicted molar refractivity (Wildman–Crippen MR) is 206 cm³/mol. The first-order chi connectivity index (χ1) is 23.8. The van der Waals surface area contributed by atoms with Crippen molar-refractivity contribution in [1.82, 2.24) is 19.5 Å². The Kier molecular flexibility index (Phi) is 8.15. The summed E-state index contributed by atoms with van der Waals surface area (Å²) in [4.78, 5) is 13.9. The van der Waals surface area contributed by atoms with Gasteiger partial charge in [-0.25, -0.2) is 9.97 Å². The number of nitrogens with one attached hydrogen (secondary N) is 1. The molecule has 4 aromatic carbocycles. The Hall–Kier alpha value is -5.72. The molecule has 0 fully saturated rings. The summed E-state index contributed by atoms with van der Waals surface area (Å²) in [6, 6.07) is 53.3. The Morgan fingerprint density at radius 2 is 0.898 bits per heavy atom. The van der Waals surface area contributed by atoms with Crippen molar-refractivity contribution in [3.63, 3.8) is 0 Å². The number of nitrogens with zero attached hydrogens (tertiary/aromatic N) is 3. The van der Waals surface area contributed by atoms with E-state index in [-0.39, 0.29) is 23.9 Å². The molecule has 5 heteroatoms. The number of para-hydroxylation sites is 1. The first-order valence-corrected chi connectivity index (χ1v) is 16.2. The van der Waals surface area contributed by atoms with Crippen LogP contribution >= 0.6 is 0 Å². The number of H-pyrrole nitrogens is 1. The van der Waals surface area contributed by atoms with Crippen molar-refractivity contribution in [1.29, 1.82) is 0 Å². The average molecular weight is 733 g/mol. The van der Waals surface area contributed by atoms with Crippen molar-refractivity contribution in [2.24, 2.45) is 0 Å². The maximum Gasteiger partial charge on any atom is 0.0737 e. The zero-order valence-electron chi connectivity index (χ0n) is 26.6. The fraction of sp³-hybridized carbons (Fsp3) is 0. The molecule has 4 nitrogen and oxygen atoms in total. The van der Waals surface area contributed by atoms with Gasteiger partial charge in [0.15, 0.2) is 0 Å². The van der Waals surface area contributed by atoms with Crippen LogP contribution in [0.5, 0.6) is 0 Å². The van der Waals surface area contributed by atoms with E-state index >= 15 is 0 Å². The van der Waals surface area contributed by atoms with Crippen LogP contribution in [0, 0.1) is 0 Å². The second-order valence-corrected chi connectivity index (χ2v) is 12.0. The molecule has 5 heterocycles. The van der Waals surface area contributed by atoms with E-state index in [1.165, 1.54) is 0 Å². The van der Waals surface area contributed by atoms with E-state index in [4.69, 9.17) is 9.97 Å². The smallest absolute Gasteiger partial charge is 0.0737 e. The third-order valence-electron chi connectivity index (χ3n) is 8.87. The SMILES string of the molecule is C1=Cc2cc3c(-c4ccccc4)c(-c4ccccc4)c(c(-c4ccccc4)c4nc(cc5ccc(cc1n2)[nH]5)C=C4)n3-c1ccccc1.[Sn]. The van der Waals surface area contributed by atoms with Gasteiger partial charge >= 0.3 is 0 Å². The van der Waals surface area contributed by atoms with Crippen LogP contribution in [-0.2, 0) is 0 Å². The van der Waals surface area contributed by atoms with Gasteiger partial charge in [-0.1, -0.05) is 109 Å². The Balaban J connectivity index is 0.00000348. The molecule has 230 valence electrons. The zero-order chi connectivity index (χ0) is 31.9. The molecule has 2 aliphatic heterocycles. The summed E-state index contributed by atoms with van der Waals surface area (Å²) < 4.78 is 2.41. The molecule has 0 aliphatic carbocycles. The first kappa shape index (κ1) is 30.6. The topological polar surface area (TPSA) is 46.5 Å². The molecule has 49 heavy (non-hydrogen) atoms. The second-order valence-electron chi connectivity index (χ2n) is 12.0. The van der Waals surface area contributed by atoms with Gasteiger partial charge < -0.3 is 9.55 Å². The van der Waals surface area contributed by atoms with Gasteiger partial charge in [-0.3, -0.25) is 0 Å². The summed E-state index contributed by atoms with van der Waals surface area (Å²) in [5, 5.41) is 0. The second kappa shape index (κ2) is 13.1. The van der Waals surface area contributed by atoms with Gasteiger partial charge in [0.25, 0.3) is 0 Å². The number of fused-ring (bicyclic) bond motifs is 8. The molecular formula is C44H30N4Sn. The van der Waals surface area contributed by atoms with Crippen LogP contribution in [-0.4, -0.2) is 43.4 Å². The number of rotatable bonds is 4. The molecule has 0 saturated heterocycles. The van der Waals surface area contributed by atoms with Crippen LogP contribution in [0.2, 0.25) is 0 Å². The van der Waals surface area contributed by atoms with Crippen LogP contribution in [0.15, 0.2) is 152 Å². The Labute approximate surface area is 301 Å².